The van der Waals surface area contributed by atoms with Gasteiger partial charge in [-0.15, -0.1) is 0 Å². The molecule has 0 atom stereocenters. The van der Waals surface area contributed by atoms with Gasteiger partial charge in [-0.1, -0.05) is 26.2 Å². The first-order chi connectivity index (χ1) is 8.59. The molecular formula is C13H28N2O2S. The van der Waals surface area contributed by atoms with Gasteiger partial charge in [0.25, 0.3) is 0 Å². The SMILES string of the molecule is CCS(=O)(=O)CCCN(CCN)C1CCCCC1. The lowest BCUT2D eigenvalue weighted by Gasteiger charge is -2.34. The average Bonchev–Trinajstić information content (AvgIpc) is 2.39. The van der Waals surface area contributed by atoms with Crippen molar-refractivity contribution >= 4 is 9.84 Å². The molecule has 5 heteroatoms. The van der Waals surface area contributed by atoms with Gasteiger partial charge in [0, 0.05) is 24.9 Å². The molecule has 0 heterocycles. The molecule has 0 aliphatic heterocycles. The zero-order chi connectivity index (χ0) is 13.4. The third-order valence-corrected chi connectivity index (χ3v) is 5.64. The fraction of sp³-hybridized carbons (Fsp3) is 1.00. The molecule has 0 aromatic heterocycles. The van der Waals surface area contributed by atoms with Crippen LogP contribution >= 0.6 is 0 Å². The highest BCUT2D eigenvalue weighted by Crippen LogP contribution is 2.22. The fourth-order valence-corrected chi connectivity index (χ4v) is 3.58. The van der Waals surface area contributed by atoms with Crippen LogP contribution in [0.4, 0.5) is 0 Å². The minimum absolute atomic E-state index is 0.257. The van der Waals surface area contributed by atoms with Crippen molar-refractivity contribution in [3.63, 3.8) is 0 Å². The van der Waals surface area contributed by atoms with E-state index in [0.717, 1.165) is 19.5 Å². The van der Waals surface area contributed by atoms with Crippen molar-refractivity contribution in [2.24, 2.45) is 5.73 Å². The van der Waals surface area contributed by atoms with Gasteiger partial charge in [0.2, 0.25) is 0 Å². The summed E-state index contributed by atoms with van der Waals surface area (Å²) < 4.78 is 22.9. The Morgan fingerprint density at radius 2 is 1.83 bits per heavy atom. The van der Waals surface area contributed by atoms with Crippen LogP contribution in [0.2, 0.25) is 0 Å². The highest BCUT2D eigenvalue weighted by Gasteiger charge is 2.20. The van der Waals surface area contributed by atoms with Crippen molar-refractivity contribution < 1.29 is 8.42 Å². The molecule has 2 N–H and O–H groups in total. The summed E-state index contributed by atoms with van der Waals surface area (Å²) in [7, 11) is -2.82. The summed E-state index contributed by atoms with van der Waals surface area (Å²) in [6, 6.07) is 0.631. The van der Waals surface area contributed by atoms with E-state index in [2.05, 4.69) is 4.90 Å². The van der Waals surface area contributed by atoms with E-state index in [9.17, 15) is 8.42 Å². The van der Waals surface area contributed by atoms with Crippen molar-refractivity contribution in [2.45, 2.75) is 51.5 Å². The number of hydrogen-bond acceptors (Lipinski definition) is 4. The molecule has 18 heavy (non-hydrogen) atoms. The van der Waals surface area contributed by atoms with Crippen molar-refractivity contribution in [3.8, 4) is 0 Å². The van der Waals surface area contributed by atoms with E-state index in [1.807, 2.05) is 0 Å². The number of hydrogen-bond donors (Lipinski definition) is 1. The van der Waals surface area contributed by atoms with Crippen molar-refractivity contribution in [3.05, 3.63) is 0 Å². The van der Waals surface area contributed by atoms with Gasteiger partial charge in [0.05, 0.1) is 5.75 Å². The van der Waals surface area contributed by atoms with E-state index >= 15 is 0 Å². The summed E-state index contributed by atoms with van der Waals surface area (Å²) in [5, 5.41) is 0. The number of nitrogens with zero attached hydrogens (tertiary/aromatic N) is 1. The highest BCUT2D eigenvalue weighted by molar-refractivity contribution is 7.91. The summed E-state index contributed by atoms with van der Waals surface area (Å²) in [6.45, 7) is 4.16. The van der Waals surface area contributed by atoms with Gasteiger partial charge < -0.3 is 5.73 Å². The minimum Gasteiger partial charge on any atom is -0.329 e. The standard InChI is InChI=1S/C13H28N2O2S/c1-2-18(16,17)12-6-10-15(11-9-14)13-7-4-3-5-8-13/h13H,2-12,14H2,1H3. The van der Waals surface area contributed by atoms with Gasteiger partial charge in [-0.05, 0) is 25.8 Å². The maximum Gasteiger partial charge on any atom is 0.150 e. The maximum atomic E-state index is 11.5. The third kappa shape index (κ3) is 5.67. The molecule has 108 valence electrons. The lowest BCUT2D eigenvalue weighted by molar-refractivity contribution is 0.160. The van der Waals surface area contributed by atoms with Crippen LogP contribution in [-0.2, 0) is 9.84 Å². The van der Waals surface area contributed by atoms with Crippen LogP contribution < -0.4 is 5.73 Å². The van der Waals surface area contributed by atoms with Crippen molar-refractivity contribution in [2.75, 3.05) is 31.1 Å². The van der Waals surface area contributed by atoms with E-state index in [4.69, 9.17) is 5.73 Å². The van der Waals surface area contributed by atoms with Gasteiger partial charge in [-0.2, -0.15) is 0 Å². The first-order valence-electron chi connectivity index (χ1n) is 7.23. The normalized spacial score (nSPS) is 18.4. The zero-order valence-corrected chi connectivity index (χ0v) is 12.4. The second kappa shape index (κ2) is 8.12. The third-order valence-electron chi connectivity index (χ3n) is 3.85. The number of sulfone groups is 1. The molecule has 0 unspecified atom stereocenters. The Kier molecular flexibility index (Phi) is 7.19. The predicted molar refractivity (Wildman–Crippen MR) is 76.4 cm³/mol. The van der Waals surface area contributed by atoms with Gasteiger partial charge in [-0.3, -0.25) is 4.90 Å². The molecule has 1 saturated carbocycles. The van der Waals surface area contributed by atoms with Crippen LogP contribution in [0.25, 0.3) is 0 Å². The van der Waals surface area contributed by atoms with Crippen molar-refractivity contribution in [1.82, 2.24) is 4.90 Å². The van der Waals surface area contributed by atoms with Gasteiger partial charge >= 0.3 is 0 Å². The number of nitrogens with two attached hydrogens (primary N) is 1. The summed E-state index contributed by atoms with van der Waals surface area (Å²) >= 11 is 0. The first-order valence-corrected chi connectivity index (χ1v) is 9.05. The molecule has 0 radical (unpaired) electrons. The summed E-state index contributed by atoms with van der Waals surface area (Å²) in [5.41, 5.74) is 5.66. The smallest absolute Gasteiger partial charge is 0.150 e. The highest BCUT2D eigenvalue weighted by atomic mass is 32.2. The van der Waals surface area contributed by atoms with E-state index in [-0.39, 0.29) is 5.75 Å². The molecule has 0 amide bonds. The van der Waals surface area contributed by atoms with Crippen LogP contribution in [0.1, 0.15) is 45.4 Å². The van der Waals surface area contributed by atoms with Gasteiger partial charge in [-0.25, -0.2) is 8.42 Å². The number of rotatable bonds is 8. The molecular weight excluding hydrogens is 248 g/mol. The molecule has 1 rings (SSSR count). The Morgan fingerprint density at radius 1 is 1.17 bits per heavy atom. The molecule has 4 nitrogen and oxygen atoms in total. The van der Waals surface area contributed by atoms with Crippen LogP contribution in [-0.4, -0.2) is 50.5 Å². The van der Waals surface area contributed by atoms with E-state index in [1.165, 1.54) is 32.1 Å². The summed E-state index contributed by atoms with van der Waals surface area (Å²) in [5.74, 6) is 0.574. The molecule has 1 aliphatic rings. The van der Waals surface area contributed by atoms with Crippen LogP contribution in [0.15, 0.2) is 0 Å². The zero-order valence-electron chi connectivity index (χ0n) is 11.6. The Morgan fingerprint density at radius 3 is 2.39 bits per heavy atom. The lowest BCUT2D eigenvalue weighted by atomic mass is 9.94. The van der Waals surface area contributed by atoms with E-state index in [0.29, 0.717) is 18.3 Å². The molecule has 1 aliphatic carbocycles. The van der Waals surface area contributed by atoms with Crippen LogP contribution in [0.5, 0.6) is 0 Å². The van der Waals surface area contributed by atoms with Gasteiger partial charge in [0.1, 0.15) is 9.84 Å². The quantitative estimate of drug-likeness (QED) is 0.728. The molecule has 1 fully saturated rings. The predicted octanol–water partition coefficient (Wildman–Crippen LogP) is 1.40. The maximum absolute atomic E-state index is 11.5. The summed E-state index contributed by atoms with van der Waals surface area (Å²) in [4.78, 5) is 2.41. The second-order valence-corrected chi connectivity index (χ2v) is 7.68. The topological polar surface area (TPSA) is 63.4 Å². The molecule has 0 aromatic rings. The molecule has 0 bridgehead atoms. The fourth-order valence-electron chi connectivity index (χ4n) is 2.72. The molecule has 0 spiro atoms. The molecule has 0 aromatic carbocycles. The first kappa shape index (κ1) is 15.9. The summed E-state index contributed by atoms with van der Waals surface area (Å²) in [6.07, 6.45) is 7.20. The monoisotopic (exact) mass is 276 g/mol. The van der Waals surface area contributed by atoms with Crippen LogP contribution in [0.3, 0.4) is 0 Å². The Labute approximate surface area is 112 Å². The Balaban J connectivity index is 2.37. The largest absolute Gasteiger partial charge is 0.329 e. The Bertz CT molecular complexity index is 311. The van der Waals surface area contributed by atoms with Gasteiger partial charge in [0.15, 0.2) is 0 Å². The van der Waals surface area contributed by atoms with E-state index in [1.54, 1.807) is 6.92 Å². The lowest BCUT2D eigenvalue weighted by Crippen LogP contribution is -2.41. The van der Waals surface area contributed by atoms with E-state index < -0.39 is 9.84 Å². The second-order valence-electron chi connectivity index (χ2n) is 5.21. The van der Waals surface area contributed by atoms with Crippen LogP contribution in [0, 0.1) is 0 Å². The Hall–Kier alpha value is -0.130. The van der Waals surface area contributed by atoms with Crippen molar-refractivity contribution in [1.29, 1.82) is 0 Å². The average molecular weight is 276 g/mol. The minimum atomic E-state index is -2.82. The molecule has 0 saturated heterocycles.